The first-order valence-corrected chi connectivity index (χ1v) is 6.69. The van der Waals surface area contributed by atoms with Gasteiger partial charge >= 0.3 is 0 Å². The summed E-state index contributed by atoms with van der Waals surface area (Å²) in [5, 5.41) is 13.9. The van der Waals surface area contributed by atoms with E-state index in [1.165, 1.54) is 18.2 Å². The van der Waals surface area contributed by atoms with Crippen LogP contribution in [0.15, 0.2) is 34.8 Å². The maximum absolute atomic E-state index is 13.4. The standard InChI is InChI=1S/C13H12BrFN4O2/c1-7-2-12(15)11(14)6-13(7)17-8-3-9(18-16)5-10(4-8)19(20)21/h2-6,17-18H,16H2,1H3. The van der Waals surface area contributed by atoms with Crippen LogP contribution >= 0.6 is 15.9 Å². The Morgan fingerprint density at radius 2 is 1.90 bits per heavy atom. The molecule has 4 N–H and O–H groups in total. The van der Waals surface area contributed by atoms with Gasteiger partial charge in [-0.3, -0.25) is 16.0 Å². The zero-order valence-corrected chi connectivity index (χ0v) is 12.6. The van der Waals surface area contributed by atoms with Gasteiger partial charge in [-0.05, 0) is 46.6 Å². The number of non-ortho nitro benzene ring substituents is 1. The zero-order chi connectivity index (χ0) is 15.6. The summed E-state index contributed by atoms with van der Waals surface area (Å²) in [7, 11) is 0. The van der Waals surface area contributed by atoms with Crippen molar-refractivity contribution < 1.29 is 9.31 Å². The quantitative estimate of drug-likeness (QED) is 0.440. The zero-order valence-electron chi connectivity index (χ0n) is 11.0. The van der Waals surface area contributed by atoms with E-state index in [1.807, 2.05) is 0 Å². The number of aryl methyl sites for hydroxylation is 1. The number of nitro benzene ring substituents is 1. The summed E-state index contributed by atoms with van der Waals surface area (Å²) in [4.78, 5) is 10.4. The van der Waals surface area contributed by atoms with E-state index in [0.717, 1.165) is 0 Å². The van der Waals surface area contributed by atoms with Gasteiger partial charge in [0.15, 0.2) is 0 Å². The lowest BCUT2D eigenvalue weighted by Gasteiger charge is -2.12. The van der Waals surface area contributed by atoms with Gasteiger partial charge in [-0.1, -0.05) is 0 Å². The Hall–Kier alpha value is -2.19. The number of nitrogens with zero attached hydrogens (tertiary/aromatic N) is 1. The second-order valence-electron chi connectivity index (χ2n) is 4.38. The van der Waals surface area contributed by atoms with E-state index in [4.69, 9.17) is 5.84 Å². The van der Waals surface area contributed by atoms with Crippen molar-refractivity contribution in [3.05, 3.63) is 56.3 Å². The third-order valence-corrected chi connectivity index (χ3v) is 3.45. The summed E-state index contributed by atoms with van der Waals surface area (Å²) >= 11 is 3.10. The van der Waals surface area contributed by atoms with Gasteiger partial charge in [-0.2, -0.15) is 0 Å². The summed E-state index contributed by atoms with van der Waals surface area (Å²) < 4.78 is 13.7. The fourth-order valence-corrected chi connectivity index (χ4v) is 2.15. The molecule has 8 heteroatoms. The number of nitrogens with one attached hydrogen (secondary N) is 2. The molecule has 0 aliphatic carbocycles. The molecule has 0 radical (unpaired) electrons. The van der Waals surface area contributed by atoms with Crippen LogP contribution < -0.4 is 16.6 Å². The van der Waals surface area contributed by atoms with Gasteiger partial charge in [0.25, 0.3) is 5.69 Å². The lowest BCUT2D eigenvalue weighted by Crippen LogP contribution is -2.07. The molecule has 2 aromatic carbocycles. The van der Waals surface area contributed by atoms with Crippen molar-refractivity contribution >= 4 is 38.7 Å². The predicted molar refractivity (Wildman–Crippen MR) is 83.0 cm³/mol. The Morgan fingerprint density at radius 3 is 2.52 bits per heavy atom. The van der Waals surface area contributed by atoms with Crippen LogP contribution in [0, 0.1) is 22.9 Å². The van der Waals surface area contributed by atoms with Gasteiger partial charge in [-0.15, -0.1) is 0 Å². The van der Waals surface area contributed by atoms with E-state index in [0.29, 0.717) is 27.1 Å². The SMILES string of the molecule is Cc1cc(F)c(Br)cc1Nc1cc(NN)cc([N+](=O)[O-])c1. The van der Waals surface area contributed by atoms with Crippen molar-refractivity contribution in [2.45, 2.75) is 6.92 Å². The molecule has 0 saturated carbocycles. The average molecular weight is 355 g/mol. The second-order valence-corrected chi connectivity index (χ2v) is 5.23. The second kappa shape index (κ2) is 6.06. The molecule has 0 unspecified atom stereocenters. The molecule has 0 aromatic heterocycles. The first kappa shape index (κ1) is 15.2. The Morgan fingerprint density at radius 1 is 1.24 bits per heavy atom. The number of halogens is 2. The Bertz CT molecular complexity index is 709. The smallest absolute Gasteiger partial charge is 0.273 e. The minimum absolute atomic E-state index is 0.105. The summed E-state index contributed by atoms with van der Waals surface area (Å²) in [6, 6.07) is 7.24. The fraction of sp³-hybridized carbons (Fsp3) is 0.0769. The van der Waals surface area contributed by atoms with Gasteiger partial charge in [0.2, 0.25) is 0 Å². The van der Waals surface area contributed by atoms with E-state index in [1.54, 1.807) is 19.1 Å². The lowest BCUT2D eigenvalue weighted by molar-refractivity contribution is -0.384. The molecule has 0 atom stereocenters. The molecule has 0 aliphatic heterocycles. The van der Waals surface area contributed by atoms with Gasteiger partial charge in [0.05, 0.1) is 15.1 Å². The first-order chi connectivity index (χ1) is 9.90. The van der Waals surface area contributed by atoms with Crippen molar-refractivity contribution in [3.63, 3.8) is 0 Å². The number of nitrogen functional groups attached to an aromatic ring is 1. The molecule has 0 heterocycles. The van der Waals surface area contributed by atoms with Gasteiger partial charge in [-0.25, -0.2) is 4.39 Å². The number of hydrogen-bond donors (Lipinski definition) is 3. The largest absolute Gasteiger partial charge is 0.355 e. The van der Waals surface area contributed by atoms with Crippen molar-refractivity contribution in [1.29, 1.82) is 0 Å². The van der Waals surface area contributed by atoms with Gasteiger partial charge in [0.1, 0.15) is 5.82 Å². The van der Waals surface area contributed by atoms with Crippen LogP contribution in [0.25, 0.3) is 0 Å². The van der Waals surface area contributed by atoms with Crippen LogP contribution in [-0.2, 0) is 0 Å². The molecule has 0 spiro atoms. The number of rotatable bonds is 4. The van der Waals surface area contributed by atoms with E-state index >= 15 is 0 Å². The average Bonchev–Trinajstić information content (AvgIpc) is 2.44. The van der Waals surface area contributed by atoms with Crippen LogP contribution in [0.5, 0.6) is 0 Å². The number of hydrogen-bond acceptors (Lipinski definition) is 5. The van der Waals surface area contributed by atoms with Crippen molar-refractivity contribution in [3.8, 4) is 0 Å². The molecule has 0 aliphatic rings. The van der Waals surface area contributed by atoms with E-state index in [2.05, 4.69) is 26.7 Å². The van der Waals surface area contributed by atoms with Crippen LogP contribution in [0.1, 0.15) is 5.56 Å². The van der Waals surface area contributed by atoms with E-state index in [9.17, 15) is 14.5 Å². The Labute approximate surface area is 128 Å². The molecule has 21 heavy (non-hydrogen) atoms. The third kappa shape index (κ3) is 3.47. The van der Waals surface area contributed by atoms with Crippen LogP contribution in [0.4, 0.5) is 27.1 Å². The molecule has 110 valence electrons. The number of benzene rings is 2. The maximum atomic E-state index is 13.4. The molecule has 0 bridgehead atoms. The number of nitrogens with two attached hydrogens (primary N) is 1. The minimum Gasteiger partial charge on any atom is -0.355 e. The van der Waals surface area contributed by atoms with Gasteiger partial charge < -0.3 is 10.7 Å². The monoisotopic (exact) mass is 354 g/mol. The number of hydrazine groups is 1. The van der Waals surface area contributed by atoms with Gasteiger partial charge in [0, 0.05) is 23.5 Å². The molecule has 0 amide bonds. The fourth-order valence-electron chi connectivity index (χ4n) is 1.81. The highest BCUT2D eigenvalue weighted by molar-refractivity contribution is 9.10. The highest BCUT2D eigenvalue weighted by atomic mass is 79.9. The summed E-state index contributed by atoms with van der Waals surface area (Å²) in [6.07, 6.45) is 0. The molecule has 0 saturated heterocycles. The molecular weight excluding hydrogens is 343 g/mol. The van der Waals surface area contributed by atoms with E-state index in [-0.39, 0.29) is 11.5 Å². The maximum Gasteiger partial charge on any atom is 0.273 e. The van der Waals surface area contributed by atoms with Crippen LogP contribution in [-0.4, -0.2) is 4.92 Å². The van der Waals surface area contributed by atoms with Crippen molar-refractivity contribution in [1.82, 2.24) is 0 Å². The summed E-state index contributed by atoms with van der Waals surface area (Å²) in [5.74, 6) is 4.92. The molecular formula is C13H12BrFN4O2. The normalized spacial score (nSPS) is 10.3. The lowest BCUT2D eigenvalue weighted by atomic mass is 10.1. The number of nitro groups is 1. The molecule has 6 nitrogen and oxygen atoms in total. The number of anilines is 3. The molecule has 2 rings (SSSR count). The highest BCUT2D eigenvalue weighted by Gasteiger charge is 2.11. The molecule has 0 fully saturated rings. The van der Waals surface area contributed by atoms with Crippen LogP contribution in [0.2, 0.25) is 0 Å². The first-order valence-electron chi connectivity index (χ1n) is 5.89. The minimum atomic E-state index is -0.514. The third-order valence-electron chi connectivity index (χ3n) is 2.84. The predicted octanol–water partition coefficient (Wildman–Crippen LogP) is 3.83. The van der Waals surface area contributed by atoms with Crippen molar-refractivity contribution in [2.24, 2.45) is 5.84 Å². The summed E-state index contributed by atoms with van der Waals surface area (Å²) in [5.41, 5.74) is 4.43. The van der Waals surface area contributed by atoms with E-state index < -0.39 is 4.92 Å². The summed E-state index contributed by atoms with van der Waals surface area (Å²) in [6.45, 7) is 1.73. The topological polar surface area (TPSA) is 93.2 Å². The van der Waals surface area contributed by atoms with Crippen molar-refractivity contribution in [2.75, 3.05) is 10.7 Å². The highest BCUT2D eigenvalue weighted by Crippen LogP contribution is 2.30. The Balaban J connectivity index is 2.41. The molecule has 2 aromatic rings. The van der Waals surface area contributed by atoms with Crippen LogP contribution in [0.3, 0.4) is 0 Å². The Kier molecular flexibility index (Phi) is 4.39.